The van der Waals surface area contributed by atoms with Crippen molar-refractivity contribution in [3.8, 4) is 22.9 Å². The largest absolute Gasteiger partial charge is 0.493 e. The topological polar surface area (TPSA) is 57.4 Å². The van der Waals surface area contributed by atoms with Gasteiger partial charge in [0.2, 0.25) is 5.82 Å². The lowest BCUT2D eigenvalue weighted by Gasteiger charge is -2.12. The van der Waals surface area contributed by atoms with Gasteiger partial charge in [-0.1, -0.05) is 16.8 Å². The van der Waals surface area contributed by atoms with Crippen LogP contribution in [-0.4, -0.2) is 24.4 Å². The Bertz CT molecular complexity index is 1120. The van der Waals surface area contributed by atoms with Crippen molar-refractivity contribution in [1.82, 2.24) is 10.1 Å². The molecule has 2 aromatic carbocycles. The third kappa shape index (κ3) is 4.98. The molecule has 0 spiro atoms. The Morgan fingerprint density at radius 3 is 2.06 bits per heavy atom. The molecule has 0 aliphatic heterocycles. The molecule has 0 fully saturated rings. The molecule has 1 heterocycles. The molecule has 0 saturated heterocycles. The number of rotatable bonds is 5. The second-order valence-electron chi connectivity index (χ2n) is 6.29. The van der Waals surface area contributed by atoms with Crippen molar-refractivity contribution in [2.45, 2.75) is 12.4 Å². The van der Waals surface area contributed by atoms with Crippen LogP contribution < -0.4 is 9.47 Å². The Balaban J connectivity index is 1.96. The first-order valence-corrected chi connectivity index (χ1v) is 9.04. The monoisotopic (exact) mass is 478 g/mol. The van der Waals surface area contributed by atoms with E-state index in [0.717, 1.165) is 0 Å². The molecular formula is C20H13ClF6N2O3. The summed E-state index contributed by atoms with van der Waals surface area (Å²) in [5.41, 5.74) is -3.01. The summed E-state index contributed by atoms with van der Waals surface area (Å²) in [6.45, 7) is 0. The maximum Gasteiger partial charge on any atom is 0.416 e. The molecule has 170 valence electrons. The second kappa shape index (κ2) is 8.73. The highest BCUT2D eigenvalue weighted by molar-refractivity contribution is 6.34. The van der Waals surface area contributed by atoms with Crippen LogP contribution >= 0.6 is 11.6 Å². The van der Waals surface area contributed by atoms with Gasteiger partial charge in [0.15, 0.2) is 11.5 Å². The van der Waals surface area contributed by atoms with Crippen LogP contribution in [0, 0.1) is 0 Å². The quantitative estimate of drug-likeness (QED) is 0.386. The van der Waals surface area contributed by atoms with Crippen LogP contribution in [0.4, 0.5) is 26.3 Å². The molecule has 0 aliphatic carbocycles. The Labute approximate surface area is 182 Å². The van der Waals surface area contributed by atoms with Crippen molar-refractivity contribution in [3.63, 3.8) is 0 Å². The maximum absolute atomic E-state index is 13.0. The summed E-state index contributed by atoms with van der Waals surface area (Å²) in [4.78, 5) is 3.85. The molecule has 0 bridgehead atoms. The van der Waals surface area contributed by atoms with Gasteiger partial charge in [0.1, 0.15) is 0 Å². The summed E-state index contributed by atoms with van der Waals surface area (Å²) in [6, 6.07) is 4.23. The first-order valence-electron chi connectivity index (χ1n) is 8.66. The van der Waals surface area contributed by atoms with Crippen LogP contribution in [0.2, 0.25) is 5.02 Å². The molecule has 3 aromatic rings. The van der Waals surface area contributed by atoms with Gasteiger partial charge in [-0.3, -0.25) is 0 Å². The lowest BCUT2D eigenvalue weighted by molar-refractivity contribution is -0.143. The number of halogens is 7. The Morgan fingerprint density at radius 2 is 1.53 bits per heavy atom. The minimum absolute atomic E-state index is 0.0173. The van der Waals surface area contributed by atoms with E-state index >= 15 is 0 Å². The Kier molecular flexibility index (Phi) is 6.40. The average molecular weight is 479 g/mol. The van der Waals surface area contributed by atoms with Gasteiger partial charge in [-0.2, -0.15) is 31.3 Å². The minimum Gasteiger partial charge on any atom is -0.493 e. The highest BCUT2D eigenvalue weighted by Crippen LogP contribution is 2.39. The first kappa shape index (κ1) is 23.5. The highest BCUT2D eigenvalue weighted by atomic mass is 35.5. The molecular weight excluding hydrogens is 466 g/mol. The number of aromatic nitrogens is 2. The van der Waals surface area contributed by atoms with E-state index in [9.17, 15) is 26.3 Å². The summed E-state index contributed by atoms with van der Waals surface area (Å²) in [5, 5.41) is 3.68. The molecule has 0 radical (unpaired) electrons. The second-order valence-corrected chi connectivity index (χ2v) is 6.67. The third-order valence-corrected chi connectivity index (χ3v) is 4.60. The summed E-state index contributed by atoms with van der Waals surface area (Å²) in [5.74, 6) is 0.0439. The van der Waals surface area contributed by atoms with E-state index in [4.69, 9.17) is 25.6 Å². The molecule has 12 heteroatoms. The fourth-order valence-corrected chi connectivity index (χ4v) is 2.99. The number of ether oxygens (including phenoxy) is 2. The number of nitrogens with zero attached hydrogens (tertiary/aromatic N) is 2. The van der Waals surface area contributed by atoms with Gasteiger partial charge in [-0.25, -0.2) is 0 Å². The van der Waals surface area contributed by atoms with Crippen LogP contribution in [0.15, 0.2) is 34.9 Å². The Morgan fingerprint density at radius 1 is 0.906 bits per heavy atom. The van der Waals surface area contributed by atoms with Gasteiger partial charge in [0.25, 0.3) is 5.89 Å². The summed E-state index contributed by atoms with van der Waals surface area (Å²) >= 11 is 6.24. The van der Waals surface area contributed by atoms with Crippen LogP contribution in [0.1, 0.15) is 22.6 Å². The Hall–Kier alpha value is -3.21. The molecule has 32 heavy (non-hydrogen) atoms. The van der Waals surface area contributed by atoms with Gasteiger partial charge in [-0.05, 0) is 42.0 Å². The number of hydrogen-bond donors (Lipinski definition) is 0. The fraction of sp³-hybridized carbons (Fsp3) is 0.200. The van der Waals surface area contributed by atoms with E-state index in [0.29, 0.717) is 23.4 Å². The fourth-order valence-electron chi connectivity index (χ4n) is 2.70. The van der Waals surface area contributed by atoms with E-state index in [2.05, 4.69) is 10.1 Å². The van der Waals surface area contributed by atoms with Gasteiger partial charge in [0, 0.05) is 11.6 Å². The first-order chi connectivity index (χ1) is 14.9. The van der Waals surface area contributed by atoms with Crippen molar-refractivity contribution >= 4 is 23.8 Å². The zero-order valence-corrected chi connectivity index (χ0v) is 17.1. The molecule has 0 saturated carbocycles. The molecule has 0 N–H and O–H groups in total. The van der Waals surface area contributed by atoms with Crippen LogP contribution in [0.25, 0.3) is 23.5 Å². The number of hydrogen-bond acceptors (Lipinski definition) is 5. The summed E-state index contributed by atoms with van der Waals surface area (Å²) in [7, 11) is 2.83. The van der Waals surface area contributed by atoms with Gasteiger partial charge < -0.3 is 14.0 Å². The molecule has 1 aromatic heterocycles. The third-order valence-electron chi connectivity index (χ3n) is 4.21. The van der Waals surface area contributed by atoms with Crippen molar-refractivity contribution < 1.29 is 40.3 Å². The van der Waals surface area contributed by atoms with Crippen molar-refractivity contribution in [1.29, 1.82) is 0 Å². The number of alkyl halides is 6. The van der Waals surface area contributed by atoms with Crippen molar-refractivity contribution in [2.75, 3.05) is 14.2 Å². The zero-order valence-electron chi connectivity index (χ0n) is 16.3. The molecule has 0 unspecified atom stereocenters. The zero-order chi connectivity index (χ0) is 23.7. The van der Waals surface area contributed by atoms with E-state index < -0.39 is 34.9 Å². The summed E-state index contributed by atoms with van der Waals surface area (Å²) < 4.78 is 93.5. The SMILES string of the molecule is COc1ccc(/C=C/c2nc(-c3cc(C(F)(F)F)cc(C(F)(F)F)c3)no2)c(Cl)c1OC. The van der Waals surface area contributed by atoms with Crippen LogP contribution in [0.5, 0.6) is 11.5 Å². The smallest absolute Gasteiger partial charge is 0.416 e. The molecule has 0 aliphatic rings. The van der Waals surface area contributed by atoms with Gasteiger partial charge >= 0.3 is 12.4 Å². The molecule has 0 atom stereocenters. The molecule has 0 amide bonds. The predicted molar refractivity (Wildman–Crippen MR) is 103 cm³/mol. The van der Waals surface area contributed by atoms with Crippen LogP contribution in [-0.2, 0) is 12.4 Å². The van der Waals surface area contributed by atoms with E-state index in [1.165, 1.54) is 26.4 Å². The lowest BCUT2D eigenvalue weighted by Crippen LogP contribution is -2.11. The standard InChI is InChI=1S/C20H13ClF6N2O3/c1-30-14-5-3-10(16(21)17(14)31-2)4-6-15-28-18(29-32-15)11-7-12(19(22,23)24)9-13(8-11)20(25,26)27/h3-9H,1-2H3/b6-4+. The normalized spacial score (nSPS) is 12.4. The average Bonchev–Trinajstić information content (AvgIpc) is 3.20. The van der Waals surface area contributed by atoms with Gasteiger partial charge in [0.05, 0.1) is 30.4 Å². The number of methoxy groups -OCH3 is 2. The van der Waals surface area contributed by atoms with Gasteiger partial charge in [-0.15, -0.1) is 0 Å². The van der Waals surface area contributed by atoms with E-state index in [1.807, 2.05) is 0 Å². The minimum atomic E-state index is -4.99. The summed E-state index contributed by atoms with van der Waals surface area (Å²) in [6.07, 6.45) is -7.24. The maximum atomic E-state index is 13.0. The number of benzene rings is 2. The molecule has 3 rings (SSSR count). The highest BCUT2D eigenvalue weighted by Gasteiger charge is 2.37. The predicted octanol–water partition coefficient (Wildman–Crippen LogP) is 6.62. The van der Waals surface area contributed by atoms with Crippen LogP contribution in [0.3, 0.4) is 0 Å². The molecule has 5 nitrogen and oxygen atoms in total. The lowest BCUT2D eigenvalue weighted by atomic mass is 10.0. The van der Waals surface area contributed by atoms with Crippen molar-refractivity contribution in [2.24, 2.45) is 0 Å². The van der Waals surface area contributed by atoms with Crippen molar-refractivity contribution in [3.05, 3.63) is 57.9 Å². The van der Waals surface area contributed by atoms with E-state index in [1.54, 1.807) is 12.1 Å². The van der Waals surface area contributed by atoms with E-state index in [-0.39, 0.29) is 22.7 Å².